The number of hydrogen-bond acceptors (Lipinski definition) is 1. The summed E-state index contributed by atoms with van der Waals surface area (Å²) in [7, 11) is 1.68. The number of ether oxygens (including phenoxy) is 1. The van der Waals surface area contributed by atoms with Gasteiger partial charge >= 0.3 is 0 Å². The molecule has 0 unspecified atom stereocenters. The van der Waals surface area contributed by atoms with Crippen LogP contribution in [0.5, 0.6) is 0 Å². The first-order valence-corrected chi connectivity index (χ1v) is 4.42. The molecule has 0 radical (unpaired) electrons. The minimum Gasteiger partial charge on any atom is -0.364 e. The van der Waals surface area contributed by atoms with E-state index >= 15 is 0 Å². The van der Waals surface area contributed by atoms with Crippen molar-refractivity contribution in [3.05, 3.63) is 35.5 Å². The van der Waals surface area contributed by atoms with E-state index in [-0.39, 0.29) is 0 Å². The van der Waals surface area contributed by atoms with Crippen molar-refractivity contribution >= 4 is 22.5 Å². The molecule has 1 aromatic carbocycles. The molecule has 68 valence electrons. The highest BCUT2D eigenvalue weighted by atomic mass is 35.5. The lowest BCUT2D eigenvalue weighted by Gasteiger charge is -2.02. The molecule has 2 aromatic rings. The van der Waals surface area contributed by atoms with Crippen LogP contribution in [0.25, 0.3) is 10.9 Å². The fourth-order valence-electron chi connectivity index (χ4n) is 1.42. The van der Waals surface area contributed by atoms with Crippen LogP contribution in [0, 0.1) is 0 Å². The van der Waals surface area contributed by atoms with Crippen LogP contribution in [-0.4, -0.2) is 11.7 Å². The van der Waals surface area contributed by atoms with E-state index in [9.17, 15) is 0 Å². The van der Waals surface area contributed by atoms with Gasteiger partial charge in [-0.2, -0.15) is 0 Å². The molecular formula is C10H10ClNO. The normalized spacial score (nSPS) is 10.9. The summed E-state index contributed by atoms with van der Waals surface area (Å²) in [6.07, 6.45) is 1.99. The third-order valence-corrected chi connectivity index (χ3v) is 2.24. The summed E-state index contributed by atoms with van der Waals surface area (Å²) in [5.74, 6) is 0. The average Bonchev–Trinajstić information content (AvgIpc) is 2.49. The van der Waals surface area contributed by atoms with Gasteiger partial charge in [0.1, 0.15) is 6.73 Å². The van der Waals surface area contributed by atoms with E-state index in [1.54, 1.807) is 7.11 Å². The van der Waals surface area contributed by atoms with Crippen molar-refractivity contribution in [1.82, 2.24) is 4.57 Å². The predicted molar refractivity (Wildman–Crippen MR) is 54.0 cm³/mol. The first-order valence-electron chi connectivity index (χ1n) is 4.04. The Morgan fingerprint density at radius 3 is 3.00 bits per heavy atom. The first-order chi connectivity index (χ1) is 6.31. The van der Waals surface area contributed by atoms with Crippen LogP contribution in [0.4, 0.5) is 0 Å². The maximum Gasteiger partial charge on any atom is 0.122 e. The van der Waals surface area contributed by atoms with E-state index < -0.39 is 0 Å². The molecule has 0 atom stereocenters. The molecule has 0 N–H and O–H groups in total. The Labute approximate surface area is 81.7 Å². The van der Waals surface area contributed by atoms with Crippen molar-refractivity contribution in [3.8, 4) is 0 Å². The molecule has 0 aliphatic heterocycles. The van der Waals surface area contributed by atoms with Gasteiger partial charge in [-0.15, -0.1) is 0 Å². The van der Waals surface area contributed by atoms with E-state index in [2.05, 4.69) is 0 Å². The second-order valence-electron chi connectivity index (χ2n) is 2.91. The van der Waals surface area contributed by atoms with Gasteiger partial charge in [0.05, 0.1) is 5.52 Å². The van der Waals surface area contributed by atoms with Gasteiger partial charge in [-0.3, -0.25) is 0 Å². The molecule has 0 saturated heterocycles. The molecule has 3 heteroatoms. The molecule has 0 aliphatic rings. The molecule has 0 fully saturated rings. The second kappa shape index (κ2) is 3.40. The van der Waals surface area contributed by atoms with Crippen LogP contribution in [0.1, 0.15) is 0 Å². The highest BCUT2D eigenvalue weighted by molar-refractivity contribution is 6.31. The van der Waals surface area contributed by atoms with E-state index in [1.165, 1.54) is 0 Å². The average molecular weight is 196 g/mol. The van der Waals surface area contributed by atoms with Crippen LogP contribution < -0.4 is 0 Å². The fraction of sp³-hybridized carbons (Fsp3) is 0.200. The molecule has 1 heterocycles. The quantitative estimate of drug-likeness (QED) is 0.719. The van der Waals surface area contributed by atoms with Crippen LogP contribution in [0.2, 0.25) is 5.02 Å². The smallest absolute Gasteiger partial charge is 0.122 e. The summed E-state index contributed by atoms with van der Waals surface area (Å²) in [5.41, 5.74) is 1.14. The maximum absolute atomic E-state index is 5.86. The van der Waals surface area contributed by atoms with E-state index in [4.69, 9.17) is 16.3 Å². The zero-order valence-electron chi connectivity index (χ0n) is 7.33. The van der Waals surface area contributed by atoms with Gasteiger partial charge < -0.3 is 9.30 Å². The third kappa shape index (κ3) is 1.55. The molecule has 0 bridgehead atoms. The van der Waals surface area contributed by atoms with E-state index in [0.717, 1.165) is 15.9 Å². The summed E-state index contributed by atoms with van der Waals surface area (Å²) in [4.78, 5) is 0. The standard InChI is InChI=1S/C10H10ClNO/c1-13-7-12-5-4-8-6-9(11)2-3-10(8)12/h2-6H,7H2,1H3. The zero-order valence-corrected chi connectivity index (χ0v) is 8.08. The van der Waals surface area contributed by atoms with Gasteiger partial charge in [-0.1, -0.05) is 11.6 Å². The largest absolute Gasteiger partial charge is 0.364 e. The van der Waals surface area contributed by atoms with Crippen molar-refractivity contribution in [2.45, 2.75) is 6.73 Å². The number of fused-ring (bicyclic) bond motifs is 1. The minimum absolute atomic E-state index is 0.575. The van der Waals surface area contributed by atoms with Gasteiger partial charge in [0.15, 0.2) is 0 Å². The Balaban J connectivity index is 2.55. The summed E-state index contributed by atoms with van der Waals surface area (Å²) in [5, 5.41) is 1.91. The number of rotatable bonds is 2. The zero-order chi connectivity index (χ0) is 9.26. The number of aromatic nitrogens is 1. The van der Waals surface area contributed by atoms with Crippen LogP contribution in [-0.2, 0) is 11.5 Å². The Hall–Kier alpha value is -0.990. The Morgan fingerprint density at radius 2 is 2.23 bits per heavy atom. The molecule has 0 amide bonds. The lowest BCUT2D eigenvalue weighted by molar-refractivity contribution is 0.135. The fourth-order valence-corrected chi connectivity index (χ4v) is 1.60. The van der Waals surface area contributed by atoms with Gasteiger partial charge in [0, 0.05) is 23.7 Å². The van der Waals surface area contributed by atoms with Crippen LogP contribution >= 0.6 is 11.6 Å². The summed E-state index contributed by atoms with van der Waals surface area (Å²) in [6.45, 7) is 0.575. The lowest BCUT2D eigenvalue weighted by Crippen LogP contribution is -1.96. The summed E-state index contributed by atoms with van der Waals surface area (Å²) >= 11 is 5.86. The molecule has 2 rings (SSSR count). The van der Waals surface area contributed by atoms with Crippen molar-refractivity contribution in [2.24, 2.45) is 0 Å². The number of benzene rings is 1. The molecule has 0 saturated carbocycles. The van der Waals surface area contributed by atoms with E-state index in [0.29, 0.717) is 6.73 Å². The van der Waals surface area contributed by atoms with Gasteiger partial charge in [-0.25, -0.2) is 0 Å². The number of hydrogen-bond donors (Lipinski definition) is 0. The van der Waals surface area contributed by atoms with Crippen molar-refractivity contribution in [1.29, 1.82) is 0 Å². The van der Waals surface area contributed by atoms with Gasteiger partial charge in [0.2, 0.25) is 0 Å². The molecule has 2 nitrogen and oxygen atoms in total. The predicted octanol–water partition coefficient (Wildman–Crippen LogP) is 2.90. The highest BCUT2D eigenvalue weighted by Gasteiger charge is 1.99. The number of methoxy groups -OCH3 is 1. The molecular weight excluding hydrogens is 186 g/mol. The van der Waals surface area contributed by atoms with Gasteiger partial charge in [0.25, 0.3) is 0 Å². The van der Waals surface area contributed by atoms with Crippen molar-refractivity contribution in [2.75, 3.05) is 7.11 Å². The van der Waals surface area contributed by atoms with Gasteiger partial charge in [-0.05, 0) is 24.3 Å². The Kier molecular flexibility index (Phi) is 2.25. The maximum atomic E-state index is 5.86. The SMILES string of the molecule is COCn1ccc2cc(Cl)ccc21. The van der Waals surface area contributed by atoms with Crippen LogP contribution in [0.3, 0.4) is 0 Å². The summed E-state index contributed by atoms with van der Waals surface area (Å²) < 4.78 is 7.09. The lowest BCUT2D eigenvalue weighted by atomic mass is 10.2. The monoisotopic (exact) mass is 195 g/mol. The Bertz CT molecular complexity index is 422. The molecule has 1 aromatic heterocycles. The number of nitrogens with zero attached hydrogens (tertiary/aromatic N) is 1. The second-order valence-corrected chi connectivity index (χ2v) is 3.34. The number of halogens is 1. The van der Waals surface area contributed by atoms with E-state index in [1.807, 2.05) is 35.0 Å². The van der Waals surface area contributed by atoms with Crippen molar-refractivity contribution < 1.29 is 4.74 Å². The molecule has 13 heavy (non-hydrogen) atoms. The molecule has 0 aliphatic carbocycles. The Morgan fingerprint density at radius 1 is 1.38 bits per heavy atom. The highest BCUT2D eigenvalue weighted by Crippen LogP contribution is 2.20. The topological polar surface area (TPSA) is 14.2 Å². The van der Waals surface area contributed by atoms with Crippen LogP contribution in [0.15, 0.2) is 30.5 Å². The first kappa shape index (κ1) is 8.60. The summed E-state index contributed by atoms with van der Waals surface area (Å²) in [6, 6.07) is 7.86. The molecule has 0 spiro atoms. The minimum atomic E-state index is 0.575. The van der Waals surface area contributed by atoms with Crippen molar-refractivity contribution in [3.63, 3.8) is 0 Å². The third-order valence-electron chi connectivity index (χ3n) is 2.00.